The van der Waals surface area contributed by atoms with Gasteiger partial charge in [-0.3, -0.25) is 9.59 Å². The minimum Gasteiger partial charge on any atom is -0.490 e. The van der Waals surface area contributed by atoms with E-state index in [1.807, 2.05) is 60.7 Å². The number of anilines is 1. The summed E-state index contributed by atoms with van der Waals surface area (Å²) in [6.07, 6.45) is 3.98. The average Bonchev–Trinajstić information content (AvgIpc) is 3.12. The Kier molecular flexibility index (Phi) is 3.19. The van der Waals surface area contributed by atoms with Gasteiger partial charge < -0.3 is 14.4 Å². The maximum Gasteiger partial charge on any atom is 0.308 e. The van der Waals surface area contributed by atoms with Crippen molar-refractivity contribution in [3.8, 4) is 5.75 Å². The van der Waals surface area contributed by atoms with Gasteiger partial charge in [-0.2, -0.15) is 0 Å². The highest BCUT2D eigenvalue weighted by molar-refractivity contribution is 6.10. The minimum atomic E-state index is -1.29. The molecule has 2 atom stereocenters. The molecule has 3 aliphatic heterocycles. The topological polar surface area (TPSA) is 55.8 Å². The zero-order valence-corrected chi connectivity index (χ0v) is 14.1. The number of nitrogens with zero attached hydrogens (tertiary/aromatic N) is 1. The summed E-state index contributed by atoms with van der Waals surface area (Å²) in [6, 6.07) is 15.2. The molecule has 1 spiro atoms. The van der Waals surface area contributed by atoms with Gasteiger partial charge in [0.2, 0.25) is 5.60 Å². The van der Waals surface area contributed by atoms with Gasteiger partial charge in [0.1, 0.15) is 12.4 Å². The highest BCUT2D eigenvalue weighted by atomic mass is 16.6. The summed E-state index contributed by atoms with van der Waals surface area (Å²) in [5.41, 5.74) is 1.15. The highest BCUT2D eigenvalue weighted by Crippen LogP contribution is 2.55. The first-order valence-corrected chi connectivity index (χ1v) is 8.71. The fourth-order valence-corrected chi connectivity index (χ4v) is 4.23. The lowest BCUT2D eigenvalue weighted by molar-refractivity contribution is -0.157. The predicted octanol–water partition coefficient (Wildman–Crippen LogP) is 2.91. The van der Waals surface area contributed by atoms with Crippen molar-refractivity contribution in [3.05, 3.63) is 71.8 Å². The molecule has 4 bridgehead atoms. The molecule has 1 fully saturated rings. The lowest BCUT2D eigenvalue weighted by Crippen LogP contribution is -2.43. The van der Waals surface area contributed by atoms with E-state index < -0.39 is 5.60 Å². The van der Waals surface area contributed by atoms with E-state index in [0.717, 1.165) is 22.6 Å². The maximum atomic E-state index is 13.5. The maximum absolute atomic E-state index is 13.5. The van der Waals surface area contributed by atoms with Crippen molar-refractivity contribution in [1.82, 2.24) is 0 Å². The summed E-state index contributed by atoms with van der Waals surface area (Å²) in [4.78, 5) is 27.5. The normalized spacial score (nSPS) is 27.5. The van der Waals surface area contributed by atoms with E-state index in [2.05, 4.69) is 0 Å². The van der Waals surface area contributed by atoms with E-state index >= 15 is 0 Å². The Balaban J connectivity index is 1.78. The predicted molar refractivity (Wildman–Crippen MR) is 95.0 cm³/mol. The largest absolute Gasteiger partial charge is 0.490 e. The molecule has 0 aliphatic carbocycles. The van der Waals surface area contributed by atoms with Gasteiger partial charge in [-0.15, -0.1) is 0 Å². The first kappa shape index (κ1) is 15.2. The van der Waals surface area contributed by atoms with Crippen LogP contribution in [0.25, 0.3) is 0 Å². The highest BCUT2D eigenvalue weighted by Gasteiger charge is 2.63. The second-order valence-electron chi connectivity index (χ2n) is 6.75. The number of amides is 1. The Bertz CT molecular complexity index is 951. The summed E-state index contributed by atoms with van der Waals surface area (Å²) in [5, 5.41) is 0. The van der Waals surface area contributed by atoms with Crippen LogP contribution in [0, 0.1) is 0 Å². The third-order valence-electron chi connectivity index (χ3n) is 5.36. The number of ether oxygens (including phenoxy) is 2. The second kappa shape index (κ2) is 5.46. The summed E-state index contributed by atoms with van der Waals surface area (Å²) >= 11 is 0. The second-order valence-corrected chi connectivity index (χ2v) is 6.75. The zero-order valence-electron chi connectivity index (χ0n) is 14.1. The number of carbonyl (C=O) groups excluding carboxylic acids is 2. The van der Waals surface area contributed by atoms with Gasteiger partial charge in [-0.05, 0) is 29.8 Å². The Labute approximate surface area is 150 Å². The van der Waals surface area contributed by atoms with Crippen LogP contribution in [-0.2, 0) is 19.9 Å². The van der Waals surface area contributed by atoms with Crippen molar-refractivity contribution >= 4 is 17.6 Å². The molecule has 3 heterocycles. The van der Waals surface area contributed by atoms with Gasteiger partial charge in [0, 0.05) is 18.0 Å². The number of hydrogen-bond donors (Lipinski definition) is 0. The lowest BCUT2D eigenvalue weighted by atomic mass is 9.78. The molecular formula is C21H17NO4. The van der Waals surface area contributed by atoms with Crippen molar-refractivity contribution < 1.29 is 19.1 Å². The number of para-hydroxylation sites is 1. The van der Waals surface area contributed by atoms with Gasteiger partial charge >= 0.3 is 5.97 Å². The molecule has 3 aliphatic rings. The van der Waals surface area contributed by atoms with Crippen molar-refractivity contribution in [2.24, 2.45) is 0 Å². The van der Waals surface area contributed by atoms with Crippen LogP contribution in [0.2, 0.25) is 0 Å². The van der Waals surface area contributed by atoms with Crippen LogP contribution in [0.4, 0.5) is 5.69 Å². The molecule has 2 aromatic carbocycles. The minimum absolute atomic E-state index is 0.174. The summed E-state index contributed by atoms with van der Waals surface area (Å²) in [6.45, 7) is 0.845. The molecule has 0 saturated carbocycles. The smallest absolute Gasteiger partial charge is 0.308 e. The summed E-state index contributed by atoms with van der Waals surface area (Å²) in [7, 11) is 0. The molecule has 2 aromatic rings. The van der Waals surface area contributed by atoms with Crippen LogP contribution in [0.15, 0.2) is 60.7 Å². The average molecular weight is 347 g/mol. The van der Waals surface area contributed by atoms with Crippen molar-refractivity contribution in [2.75, 3.05) is 18.1 Å². The molecule has 1 amide bonds. The Morgan fingerprint density at radius 1 is 1.04 bits per heavy atom. The van der Waals surface area contributed by atoms with Gasteiger partial charge in [-0.1, -0.05) is 36.4 Å². The molecule has 130 valence electrons. The Morgan fingerprint density at radius 2 is 1.92 bits per heavy atom. The number of fused-ring (bicyclic) bond motifs is 6. The molecule has 5 nitrogen and oxygen atoms in total. The third kappa shape index (κ3) is 1.97. The third-order valence-corrected chi connectivity index (χ3v) is 5.36. The van der Waals surface area contributed by atoms with E-state index in [9.17, 15) is 9.59 Å². The van der Waals surface area contributed by atoms with Crippen LogP contribution < -0.4 is 9.64 Å². The molecule has 5 heteroatoms. The van der Waals surface area contributed by atoms with Crippen molar-refractivity contribution in [3.63, 3.8) is 0 Å². The van der Waals surface area contributed by atoms with Crippen LogP contribution in [-0.4, -0.2) is 25.0 Å². The molecule has 5 rings (SSSR count). The van der Waals surface area contributed by atoms with E-state index in [4.69, 9.17) is 9.47 Å². The van der Waals surface area contributed by atoms with Crippen LogP contribution >= 0.6 is 0 Å². The van der Waals surface area contributed by atoms with Gasteiger partial charge in [0.05, 0.1) is 12.1 Å². The van der Waals surface area contributed by atoms with Crippen LogP contribution in [0.5, 0.6) is 5.75 Å². The Morgan fingerprint density at radius 3 is 2.85 bits per heavy atom. The first-order valence-electron chi connectivity index (χ1n) is 8.71. The van der Waals surface area contributed by atoms with E-state index in [0.29, 0.717) is 13.2 Å². The molecule has 0 aromatic heterocycles. The number of hydrogen-bond acceptors (Lipinski definition) is 4. The van der Waals surface area contributed by atoms with Crippen molar-refractivity contribution in [2.45, 2.75) is 17.9 Å². The SMILES string of the molecule is O=C1C[C@H]2c3cccc(c3)OC/C=C/CN3C(=O)[C@]2(O1)c1ccccc13. The first-order chi connectivity index (χ1) is 12.7. The van der Waals surface area contributed by atoms with Crippen LogP contribution in [0.1, 0.15) is 23.5 Å². The monoisotopic (exact) mass is 347 g/mol. The number of carbonyl (C=O) groups is 2. The standard InChI is InChI=1S/C21H17NO4/c23-19-13-17-14-6-5-7-15(12-14)25-11-4-3-10-22-18-9-2-1-8-16(18)21(17,26-19)20(22)24/h1-9,12,17H,10-11,13H2/b4-3+/t17-,21-/m0/s1. The van der Waals surface area contributed by atoms with Gasteiger partial charge in [0.15, 0.2) is 0 Å². The van der Waals surface area contributed by atoms with Gasteiger partial charge in [0.25, 0.3) is 5.91 Å². The molecule has 0 unspecified atom stereocenters. The van der Waals surface area contributed by atoms with E-state index in [1.54, 1.807) is 4.90 Å². The molecular weight excluding hydrogens is 330 g/mol. The molecule has 1 saturated heterocycles. The number of benzene rings is 2. The lowest BCUT2D eigenvalue weighted by Gasteiger charge is -2.29. The number of esters is 1. The van der Waals surface area contributed by atoms with Crippen molar-refractivity contribution in [1.29, 1.82) is 0 Å². The fraction of sp³-hybridized carbons (Fsp3) is 0.238. The molecule has 0 N–H and O–H groups in total. The van der Waals surface area contributed by atoms with Crippen LogP contribution in [0.3, 0.4) is 0 Å². The molecule has 26 heavy (non-hydrogen) atoms. The molecule has 0 radical (unpaired) electrons. The van der Waals surface area contributed by atoms with Gasteiger partial charge in [-0.25, -0.2) is 0 Å². The van der Waals surface area contributed by atoms with E-state index in [1.165, 1.54) is 0 Å². The van der Waals surface area contributed by atoms with E-state index in [-0.39, 0.29) is 24.2 Å². The summed E-state index contributed by atoms with van der Waals surface area (Å²) < 4.78 is 11.6. The Hall–Kier alpha value is -3.08. The summed E-state index contributed by atoms with van der Waals surface area (Å²) in [5.74, 6) is -0.179. The number of rotatable bonds is 0. The zero-order chi connectivity index (χ0) is 17.7. The fourth-order valence-electron chi connectivity index (χ4n) is 4.23. The quantitative estimate of drug-likeness (QED) is 0.543.